The summed E-state index contributed by atoms with van der Waals surface area (Å²) in [6, 6.07) is 6.42. The molecular formula is C10H13ClIN. The van der Waals surface area contributed by atoms with Gasteiger partial charge in [0, 0.05) is 14.6 Å². The molecule has 13 heavy (non-hydrogen) atoms. The predicted octanol–water partition coefficient (Wildman–Crippen LogP) is 3.62. The van der Waals surface area contributed by atoms with Crippen molar-refractivity contribution in [1.29, 1.82) is 0 Å². The minimum atomic E-state index is 0.408. The summed E-state index contributed by atoms with van der Waals surface area (Å²) in [6.45, 7) is 2.16. The third kappa shape index (κ3) is 2.82. The molecule has 0 amide bonds. The summed E-state index contributed by atoms with van der Waals surface area (Å²) in [4.78, 5) is 0. The van der Waals surface area contributed by atoms with Crippen molar-refractivity contribution in [3.8, 4) is 0 Å². The fraction of sp³-hybridized carbons (Fsp3) is 0.400. The highest BCUT2D eigenvalue weighted by Crippen LogP contribution is 2.25. The third-order valence-corrected chi connectivity index (χ3v) is 3.31. The van der Waals surface area contributed by atoms with Crippen LogP contribution in [-0.4, -0.2) is 7.05 Å². The van der Waals surface area contributed by atoms with E-state index in [1.54, 1.807) is 0 Å². The van der Waals surface area contributed by atoms with E-state index in [1.807, 2.05) is 19.2 Å². The first-order valence-electron chi connectivity index (χ1n) is 4.31. The Morgan fingerprint density at radius 1 is 1.54 bits per heavy atom. The monoisotopic (exact) mass is 309 g/mol. The number of halogens is 2. The van der Waals surface area contributed by atoms with Crippen molar-refractivity contribution in [2.45, 2.75) is 19.4 Å². The van der Waals surface area contributed by atoms with E-state index in [1.165, 1.54) is 9.13 Å². The van der Waals surface area contributed by atoms with Crippen LogP contribution in [0.15, 0.2) is 18.2 Å². The summed E-state index contributed by atoms with van der Waals surface area (Å²) in [6.07, 6.45) is 1.08. The Morgan fingerprint density at radius 3 is 2.77 bits per heavy atom. The summed E-state index contributed by atoms with van der Waals surface area (Å²) in [7, 11) is 1.98. The van der Waals surface area contributed by atoms with Gasteiger partial charge in [-0.3, -0.25) is 0 Å². The van der Waals surface area contributed by atoms with Gasteiger partial charge in [-0.2, -0.15) is 0 Å². The van der Waals surface area contributed by atoms with Crippen LogP contribution in [0.1, 0.15) is 24.9 Å². The zero-order valence-electron chi connectivity index (χ0n) is 7.77. The molecular weight excluding hydrogens is 296 g/mol. The number of nitrogens with one attached hydrogen (secondary N) is 1. The van der Waals surface area contributed by atoms with Gasteiger partial charge in [-0.05, 0) is 59.8 Å². The first kappa shape index (κ1) is 11.3. The highest BCUT2D eigenvalue weighted by Gasteiger charge is 2.10. The van der Waals surface area contributed by atoms with Crippen LogP contribution in [0.5, 0.6) is 0 Å². The lowest BCUT2D eigenvalue weighted by Crippen LogP contribution is -2.16. The predicted molar refractivity (Wildman–Crippen MR) is 66.3 cm³/mol. The Bertz CT molecular complexity index is 284. The van der Waals surface area contributed by atoms with E-state index in [-0.39, 0.29) is 0 Å². The van der Waals surface area contributed by atoms with Gasteiger partial charge >= 0.3 is 0 Å². The number of rotatable bonds is 3. The van der Waals surface area contributed by atoms with E-state index in [0.717, 1.165) is 11.4 Å². The van der Waals surface area contributed by atoms with Crippen molar-refractivity contribution in [2.75, 3.05) is 7.05 Å². The first-order chi connectivity index (χ1) is 6.19. The Kier molecular flexibility index (Phi) is 4.49. The second-order valence-corrected chi connectivity index (χ2v) is 4.51. The minimum Gasteiger partial charge on any atom is -0.313 e. The molecule has 1 nitrogen and oxygen atoms in total. The van der Waals surface area contributed by atoms with Crippen LogP contribution in [0.3, 0.4) is 0 Å². The van der Waals surface area contributed by atoms with Crippen molar-refractivity contribution in [3.05, 3.63) is 32.4 Å². The summed E-state index contributed by atoms with van der Waals surface area (Å²) in [5.74, 6) is 0. The second kappa shape index (κ2) is 5.17. The summed E-state index contributed by atoms with van der Waals surface area (Å²) in [5, 5.41) is 4.08. The van der Waals surface area contributed by atoms with Crippen LogP contribution < -0.4 is 5.32 Å². The number of hydrogen-bond donors (Lipinski definition) is 1. The van der Waals surface area contributed by atoms with Gasteiger partial charge in [0.2, 0.25) is 0 Å². The highest BCUT2D eigenvalue weighted by atomic mass is 127. The molecule has 1 aromatic rings. The first-order valence-corrected chi connectivity index (χ1v) is 5.77. The van der Waals surface area contributed by atoms with Gasteiger partial charge < -0.3 is 5.32 Å². The fourth-order valence-electron chi connectivity index (χ4n) is 1.36. The van der Waals surface area contributed by atoms with E-state index >= 15 is 0 Å². The molecule has 72 valence electrons. The van der Waals surface area contributed by atoms with Crippen molar-refractivity contribution in [2.24, 2.45) is 0 Å². The Morgan fingerprint density at radius 2 is 2.23 bits per heavy atom. The third-order valence-electron chi connectivity index (χ3n) is 2.09. The Balaban J connectivity index is 3.03. The van der Waals surface area contributed by atoms with Crippen molar-refractivity contribution in [3.63, 3.8) is 0 Å². The zero-order chi connectivity index (χ0) is 9.84. The van der Waals surface area contributed by atoms with Gasteiger partial charge in [0.1, 0.15) is 0 Å². The van der Waals surface area contributed by atoms with E-state index < -0.39 is 0 Å². The molecule has 1 unspecified atom stereocenters. The molecule has 1 atom stereocenters. The molecule has 3 heteroatoms. The van der Waals surface area contributed by atoms with Crippen LogP contribution in [0, 0.1) is 3.57 Å². The molecule has 0 aliphatic carbocycles. The van der Waals surface area contributed by atoms with Gasteiger partial charge in [0.15, 0.2) is 0 Å². The molecule has 0 aliphatic rings. The van der Waals surface area contributed by atoms with E-state index in [4.69, 9.17) is 11.6 Å². The molecule has 0 aromatic heterocycles. The van der Waals surface area contributed by atoms with Crippen molar-refractivity contribution >= 4 is 34.2 Å². The van der Waals surface area contributed by atoms with Crippen LogP contribution in [0.2, 0.25) is 5.02 Å². The number of hydrogen-bond acceptors (Lipinski definition) is 1. The normalized spacial score (nSPS) is 12.9. The van der Waals surface area contributed by atoms with Crippen LogP contribution in [0.4, 0.5) is 0 Å². The maximum absolute atomic E-state index is 5.94. The zero-order valence-corrected chi connectivity index (χ0v) is 10.7. The van der Waals surface area contributed by atoms with Gasteiger partial charge in [0.25, 0.3) is 0 Å². The maximum Gasteiger partial charge on any atom is 0.0410 e. The van der Waals surface area contributed by atoms with E-state index in [0.29, 0.717) is 6.04 Å². The molecule has 0 saturated carbocycles. The largest absolute Gasteiger partial charge is 0.313 e. The summed E-state index contributed by atoms with van der Waals surface area (Å²) >= 11 is 8.28. The Hall–Kier alpha value is 0.200. The molecule has 0 bridgehead atoms. The lowest BCUT2D eigenvalue weighted by Gasteiger charge is -2.16. The molecule has 1 aromatic carbocycles. The molecule has 0 saturated heterocycles. The lowest BCUT2D eigenvalue weighted by atomic mass is 10.1. The molecule has 0 radical (unpaired) electrons. The molecule has 0 heterocycles. The van der Waals surface area contributed by atoms with Crippen molar-refractivity contribution < 1.29 is 0 Å². The van der Waals surface area contributed by atoms with Gasteiger partial charge in [-0.1, -0.05) is 18.5 Å². The van der Waals surface area contributed by atoms with Crippen LogP contribution in [-0.2, 0) is 0 Å². The van der Waals surface area contributed by atoms with Crippen LogP contribution >= 0.6 is 34.2 Å². The molecule has 1 rings (SSSR count). The van der Waals surface area contributed by atoms with Crippen LogP contribution in [0.25, 0.3) is 0 Å². The minimum absolute atomic E-state index is 0.408. The highest BCUT2D eigenvalue weighted by molar-refractivity contribution is 14.1. The molecule has 0 spiro atoms. The fourth-order valence-corrected chi connectivity index (χ4v) is 2.25. The van der Waals surface area contributed by atoms with Gasteiger partial charge in [-0.25, -0.2) is 0 Å². The Labute approximate surface area is 98.0 Å². The summed E-state index contributed by atoms with van der Waals surface area (Å²) < 4.78 is 1.27. The van der Waals surface area contributed by atoms with Crippen molar-refractivity contribution in [1.82, 2.24) is 5.32 Å². The molecule has 0 fully saturated rings. The maximum atomic E-state index is 5.94. The van der Waals surface area contributed by atoms with E-state index in [2.05, 4.69) is 40.9 Å². The topological polar surface area (TPSA) is 12.0 Å². The van der Waals surface area contributed by atoms with Gasteiger partial charge in [0.05, 0.1) is 0 Å². The van der Waals surface area contributed by atoms with Gasteiger partial charge in [-0.15, -0.1) is 0 Å². The lowest BCUT2D eigenvalue weighted by molar-refractivity contribution is 0.574. The second-order valence-electron chi connectivity index (χ2n) is 2.92. The molecule has 1 N–H and O–H groups in total. The summed E-state index contributed by atoms with van der Waals surface area (Å²) in [5.41, 5.74) is 1.29. The average molecular weight is 310 g/mol. The smallest absolute Gasteiger partial charge is 0.0410 e. The number of benzene rings is 1. The standard InChI is InChI=1S/C10H13ClIN/c1-3-10(13-2)8-6-7(11)4-5-9(8)12/h4-6,10,13H,3H2,1-2H3. The molecule has 0 aliphatic heterocycles. The van der Waals surface area contributed by atoms with E-state index in [9.17, 15) is 0 Å². The average Bonchev–Trinajstić information content (AvgIpc) is 2.13. The SMILES string of the molecule is CCC(NC)c1cc(Cl)ccc1I. The quantitative estimate of drug-likeness (QED) is 0.841.